The molecule has 0 spiro atoms. The lowest BCUT2D eigenvalue weighted by Crippen LogP contribution is -2.24. The predicted octanol–water partition coefficient (Wildman–Crippen LogP) is 4.09. The lowest BCUT2D eigenvalue weighted by molar-refractivity contribution is -0.117. The summed E-state index contributed by atoms with van der Waals surface area (Å²) in [5.41, 5.74) is 2.68. The van der Waals surface area contributed by atoms with Crippen molar-refractivity contribution in [2.45, 2.75) is 11.2 Å². The monoisotopic (exact) mass is 329 g/mol. The number of carbonyl (C=O) groups is 1. The van der Waals surface area contributed by atoms with Gasteiger partial charge in [-0.2, -0.15) is 0 Å². The van der Waals surface area contributed by atoms with Gasteiger partial charge >= 0.3 is 0 Å². The van der Waals surface area contributed by atoms with E-state index in [1.165, 1.54) is 0 Å². The summed E-state index contributed by atoms with van der Waals surface area (Å²) >= 11 is 3.52. The molecule has 20 heavy (non-hydrogen) atoms. The molecule has 3 nitrogen and oxygen atoms in total. The zero-order valence-corrected chi connectivity index (χ0v) is 12.3. The van der Waals surface area contributed by atoms with E-state index in [0.29, 0.717) is 6.42 Å². The minimum Gasteiger partial charge on any atom is -0.456 e. The molecule has 3 aromatic rings. The molecule has 1 amide bonds. The molecule has 4 rings (SSSR count). The van der Waals surface area contributed by atoms with E-state index in [0.717, 1.165) is 34.2 Å². The Morgan fingerprint density at radius 3 is 2.70 bits per heavy atom. The summed E-state index contributed by atoms with van der Waals surface area (Å²) in [4.78, 5) is 14.1. The minimum atomic E-state index is 0.166. The number of nitrogens with zero attached hydrogens (tertiary/aromatic N) is 1. The van der Waals surface area contributed by atoms with Crippen LogP contribution >= 0.6 is 15.9 Å². The average molecular weight is 330 g/mol. The van der Waals surface area contributed by atoms with Gasteiger partial charge < -0.3 is 9.32 Å². The molecule has 2 heterocycles. The maximum atomic E-state index is 12.0. The van der Waals surface area contributed by atoms with Crippen molar-refractivity contribution in [2.24, 2.45) is 0 Å². The molecule has 2 aromatic carbocycles. The first-order chi connectivity index (χ1) is 9.72. The topological polar surface area (TPSA) is 33.5 Å². The van der Waals surface area contributed by atoms with Gasteiger partial charge in [-0.3, -0.25) is 4.79 Å². The van der Waals surface area contributed by atoms with Gasteiger partial charge in [0.25, 0.3) is 0 Å². The van der Waals surface area contributed by atoms with Gasteiger partial charge in [0, 0.05) is 34.3 Å². The largest absolute Gasteiger partial charge is 0.456 e. The first-order valence-corrected chi connectivity index (χ1v) is 7.50. The summed E-state index contributed by atoms with van der Waals surface area (Å²) in [7, 11) is 0. The third-order valence-electron chi connectivity index (χ3n) is 3.75. The smallest absolute Gasteiger partial charge is 0.228 e. The molecule has 0 bridgehead atoms. The van der Waals surface area contributed by atoms with Crippen LogP contribution in [-0.4, -0.2) is 17.3 Å². The lowest BCUT2D eigenvalue weighted by Gasteiger charge is -2.15. The number of benzene rings is 2. The Balaban J connectivity index is 1.90. The Hall–Kier alpha value is -1.81. The zero-order valence-electron chi connectivity index (χ0n) is 10.7. The minimum absolute atomic E-state index is 0.166. The lowest BCUT2D eigenvalue weighted by atomic mass is 10.1. The molecule has 0 radical (unpaired) electrons. The van der Waals surface area contributed by atoms with Gasteiger partial charge in [0.15, 0.2) is 0 Å². The molecule has 1 aromatic heterocycles. The summed E-state index contributed by atoms with van der Waals surface area (Å²) in [6.45, 7) is 0.722. The van der Waals surface area contributed by atoms with Crippen LogP contribution in [0.15, 0.2) is 46.9 Å². The molecule has 100 valence electrons. The van der Waals surface area contributed by atoms with Gasteiger partial charge in [-0.15, -0.1) is 0 Å². The molecular weight excluding hydrogens is 318 g/mol. The van der Waals surface area contributed by atoms with Crippen LogP contribution in [0, 0.1) is 0 Å². The Kier molecular flexibility index (Phi) is 2.60. The molecular formula is C16H12BrNO2. The van der Waals surface area contributed by atoms with Gasteiger partial charge in [0.1, 0.15) is 11.2 Å². The van der Waals surface area contributed by atoms with E-state index in [1.54, 1.807) is 0 Å². The van der Waals surface area contributed by atoms with Gasteiger partial charge in [0.2, 0.25) is 5.91 Å². The number of alkyl halides is 1. The fraction of sp³-hybridized carbons (Fsp3) is 0.188. The fourth-order valence-corrected chi connectivity index (χ4v) is 3.36. The second-order valence-electron chi connectivity index (χ2n) is 5.08. The SMILES string of the molecule is O=C1CC(Br)CN1c1ccc2oc3ccccc3c2c1. The van der Waals surface area contributed by atoms with E-state index in [4.69, 9.17) is 4.42 Å². The Labute approximate surface area is 124 Å². The van der Waals surface area contributed by atoms with E-state index in [-0.39, 0.29) is 10.7 Å². The van der Waals surface area contributed by atoms with Crippen LogP contribution in [0.1, 0.15) is 6.42 Å². The number of halogens is 1. The second-order valence-corrected chi connectivity index (χ2v) is 6.38. The molecule has 0 saturated carbocycles. The Morgan fingerprint density at radius 2 is 1.90 bits per heavy atom. The quantitative estimate of drug-likeness (QED) is 0.630. The highest BCUT2D eigenvalue weighted by Gasteiger charge is 2.29. The number of hydrogen-bond donors (Lipinski definition) is 0. The van der Waals surface area contributed by atoms with Crippen molar-refractivity contribution in [3.63, 3.8) is 0 Å². The van der Waals surface area contributed by atoms with Crippen molar-refractivity contribution in [3.05, 3.63) is 42.5 Å². The molecule has 1 aliphatic heterocycles. The summed E-state index contributed by atoms with van der Waals surface area (Å²) in [6, 6.07) is 13.9. The van der Waals surface area contributed by atoms with Crippen LogP contribution < -0.4 is 4.90 Å². The number of anilines is 1. The Bertz CT molecular complexity index is 824. The molecule has 4 heteroatoms. The van der Waals surface area contributed by atoms with E-state index in [2.05, 4.69) is 15.9 Å². The van der Waals surface area contributed by atoms with Gasteiger partial charge in [0.05, 0.1) is 0 Å². The number of rotatable bonds is 1. The molecule has 1 unspecified atom stereocenters. The summed E-state index contributed by atoms with van der Waals surface area (Å²) in [6.07, 6.45) is 0.560. The summed E-state index contributed by atoms with van der Waals surface area (Å²) < 4.78 is 5.81. The van der Waals surface area contributed by atoms with Crippen LogP contribution in [-0.2, 0) is 4.79 Å². The van der Waals surface area contributed by atoms with Crippen molar-refractivity contribution in [1.29, 1.82) is 0 Å². The predicted molar refractivity (Wildman–Crippen MR) is 83.4 cm³/mol. The number of fused-ring (bicyclic) bond motifs is 3. The number of hydrogen-bond acceptors (Lipinski definition) is 2. The van der Waals surface area contributed by atoms with Crippen LogP contribution in [0.2, 0.25) is 0 Å². The third-order valence-corrected chi connectivity index (χ3v) is 4.36. The maximum absolute atomic E-state index is 12.0. The highest BCUT2D eigenvalue weighted by Crippen LogP contribution is 2.33. The highest BCUT2D eigenvalue weighted by atomic mass is 79.9. The van der Waals surface area contributed by atoms with Crippen molar-refractivity contribution in [3.8, 4) is 0 Å². The van der Waals surface area contributed by atoms with Crippen molar-refractivity contribution in [1.82, 2.24) is 0 Å². The van der Waals surface area contributed by atoms with Crippen LogP contribution in [0.3, 0.4) is 0 Å². The number of amides is 1. The average Bonchev–Trinajstić information content (AvgIpc) is 2.98. The molecule has 1 atom stereocenters. The standard InChI is InChI=1S/C16H12BrNO2/c17-10-7-16(19)18(9-10)11-5-6-15-13(8-11)12-3-1-2-4-14(12)20-15/h1-6,8,10H,7,9H2. The van der Waals surface area contributed by atoms with Crippen molar-refractivity contribution in [2.75, 3.05) is 11.4 Å². The van der Waals surface area contributed by atoms with Crippen LogP contribution in [0.25, 0.3) is 21.9 Å². The van der Waals surface area contributed by atoms with Crippen LogP contribution in [0.4, 0.5) is 5.69 Å². The summed E-state index contributed by atoms with van der Waals surface area (Å²) in [5, 5.41) is 2.15. The zero-order chi connectivity index (χ0) is 13.7. The fourth-order valence-electron chi connectivity index (χ4n) is 2.80. The maximum Gasteiger partial charge on any atom is 0.228 e. The molecule has 1 aliphatic rings. The van der Waals surface area contributed by atoms with Crippen LogP contribution in [0.5, 0.6) is 0 Å². The molecule has 1 fully saturated rings. The third kappa shape index (κ3) is 1.75. The Morgan fingerprint density at radius 1 is 1.10 bits per heavy atom. The van der Waals surface area contributed by atoms with E-state index in [9.17, 15) is 4.79 Å². The molecule has 0 N–H and O–H groups in total. The van der Waals surface area contributed by atoms with Crippen molar-refractivity contribution >= 4 is 49.5 Å². The van der Waals surface area contributed by atoms with Crippen molar-refractivity contribution < 1.29 is 9.21 Å². The van der Waals surface area contributed by atoms with Gasteiger partial charge in [-0.05, 0) is 24.3 Å². The normalized spacial score (nSPS) is 19.4. The number of para-hydroxylation sites is 1. The molecule has 0 aliphatic carbocycles. The van der Waals surface area contributed by atoms with E-state index >= 15 is 0 Å². The van der Waals surface area contributed by atoms with E-state index < -0.39 is 0 Å². The number of carbonyl (C=O) groups excluding carboxylic acids is 1. The summed E-state index contributed by atoms with van der Waals surface area (Å²) in [5.74, 6) is 0.166. The first-order valence-electron chi connectivity index (χ1n) is 6.58. The second kappa shape index (κ2) is 4.35. The molecule has 1 saturated heterocycles. The number of furan rings is 1. The van der Waals surface area contributed by atoms with E-state index in [1.807, 2.05) is 47.4 Å². The highest BCUT2D eigenvalue weighted by molar-refractivity contribution is 9.09. The first kappa shape index (κ1) is 12.0. The van der Waals surface area contributed by atoms with Gasteiger partial charge in [-0.1, -0.05) is 34.1 Å². The van der Waals surface area contributed by atoms with Gasteiger partial charge in [-0.25, -0.2) is 0 Å².